The molecule has 6 heteroatoms. The summed E-state index contributed by atoms with van der Waals surface area (Å²) in [5, 5.41) is 10.4. The molecule has 0 unspecified atom stereocenters. The van der Waals surface area contributed by atoms with Crippen LogP contribution in [0.4, 0.5) is 0 Å². The molecule has 0 aromatic carbocycles. The second kappa shape index (κ2) is 5.99. The maximum absolute atomic E-state index is 12.4. The number of carboxylic acids is 1. The summed E-state index contributed by atoms with van der Waals surface area (Å²) in [5.41, 5.74) is 0.657. The molecule has 1 aromatic rings. The number of carbonyl (C=O) groups excluding carboxylic acids is 1. The molecule has 112 valence electrons. The van der Waals surface area contributed by atoms with E-state index in [9.17, 15) is 9.59 Å². The van der Waals surface area contributed by atoms with Gasteiger partial charge in [-0.25, -0.2) is 4.79 Å². The number of carboxylic acid groups (broad SMARTS) is 1. The third-order valence-corrected chi connectivity index (χ3v) is 4.82. The number of nitrogens with zero attached hydrogens (tertiary/aromatic N) is 2. The summed E-state index contributed by atoms with van der Waals surface area (Å²) in [5.74, 6) is -0.927. The molecule has 0 atom stereocenters. The summed E-state index contributed by atoms with van der Waals surface area (Å²) in [6, 6.07) is 2.52. The van der Waals surface area contributed by atoms with Gasteiger partial charge < -0.3 is 10.0 Å². The number of hydrogen-bond donors (Lipinski definition) is 1. The van der Waals surface area contributed by atoms with Crippen molar-refractivity contribution in [3.63, 3.8) is 0 Å². The van der Waals surface area contributed by atoms with Crippen LogP contribution in [0.5, 0.6) is 0 Å². The minimum Gasteiger partial charge on any atom is -0.478 e. The van der Waals surface area contributed by atoms with Crippen molar-refractivity contribution in [1.82, 2.24) is 9.80 Å². The fraction of sp³-hybridized carbons (Fsp3) is 0.467. The highest BCUT2D eigenvalue weighted by Crippen LogP contribution is 2.28. The van der Waals surface area contributed by atoms with Crippen molar-refractivity contribution in [3.05, 3.63) is 28.0 Å². The van der Waals surface area contributed by atoms with E-state index in [1.807, 2.05) is 4.90 Å². The Hall–Kier alpha value is -1.66. The minimum absolute atomic E-state index is 0.0525. The van der Waals surface area contributed by atoms with Crippen molar-refractivity contribution in [1.29, 1.82) is 0 Å². The first-order chi connectivity index (χ1) is 10.1. The van der Waals surface area contributed by atoms with Gasteiger partial charge in [-0.3, -0.25) is 9.69 Å². The van der Waals surface area contributed by atoms with Gasteiger partial charge in [-0.15, -0.1) is 11.3 Å². The van der Waals surface area contributed by atoms with Gasteiger partial charge in [0.05, 0.1) is 5.56 Å². The van der Waals surface area contributed by atoms with Crippen LogP contribution in [0.3, 0.4) is 0 Å². The van der Waals surface area contributed by atoms with Gasteiger partial charge in [0.25, 0.3) is 5.91 Å². The average molecular weight is 306 g/mol. The molecule has 21 heavy (non-hydrogen) atoms. The lowest BCUT2D eigenvalue weighted by Crippen LogP contribution is -2.49. The van der Waals surface area contributed by atoms with Crippen molar-refractivity contribution in [2.24, 2.45) is 0 Å². The molecule has 1 aromatic heterocycles. The quantitative estimate of drug-likeness (QED) is 0.861. The van der Waals surface area contributed by atoms with Crippen LogP contribution >= 0.6 is 11.3 Å². The summed E-state index contributed by atoms with van der Waals surface area (Å²) < 4.78 is 0. The van der Waals surface area contributed by atoms with Crippen molar-refractivity contribution in [3.8, 4) is 0 Å². The highest BCUT2D eigenvalue weighted by Gasteiger charge is 2.32. The number of amides is 1. The first kappa shape index (κ1) is 14.3. The molecule has 2 aliphatic rings. The van der Waals surface area contributed by atoms with Gasteiger partial charge in [0, 0.05) is 48.6 Å². The zero-order valence-electron chi connectivity index (χ0n) is 11.7. The van der Waals surface area contributed by atoms with Crippen LogP contribution in [-0.2, 0) is 4.79 Å². The molecule has 0 bridgehead atoms. The molecule has 1 N–H and O–H groups in total. The van der Waals surface area contributed by atoms with E-state index in [1.165, 1.54) is 30.3 Å². The largest absolute Gasteiger partial charge is 0.478 e. The Labute approximate surface area is 127 Å². The molecular weight excluding hydrogens is 288 g/mol. The highest BCUT2D eigenvalue weighted by molar-refractivity contribution is 7.11. The monoisotopic (exact) mass is 306 g/mol. The standard InChI is InChI=1S/C15H18N2O3S/c18-14(19)4-3-13-9-11(10-21-13)15(20)17-7-5-16(6-8-17)12-1-2-12/h3-4,9-10,12H,1-2,5-8H2,(H,18,19). The van der Waals surface area contributed by atoms with E-state index in [-0.39, 0.29) is 5.91 Å². The Morgan fingerprint density at radius 3 is 2.57 bits per heavy atom. The number of rotatable bonds is 4. The van der Waals surface area contributed by atoms with Crippen molar-refractivity contribution in [2.45, 2.75) is 18.9 Å². The predicted octanol–water partition coefficient (Wildman–Crippen LogP) is 1.77. The van der Waals surface area contributed by atoms with E-state index in [0.717, 1.165) is 43.2 Å². The zero-order valence-corrected chi connectivity index (χ0v) is 12.5. The SMILES string of the molecule is O=C(O)C=Cc1cc(C(=O)N2CCN(C3CC3)CC2)cs1. The summed E-state index contributed by atoms with van der Waals surface area (Å²) in [4.78, 5) is 28.1. The van der Waals surface area contributed by atoms with E-state index < -0.39 is 5.97 Å². The average Bonchev–Trinajstić information content (AvgIpc) is 3.23. The fourth-order valence-electron chi connectivity index (χ4n) is 2.62. The molecule has 2 heterocycles. The first-order valence-corrected chi connectivity index (χ1v) is 8.04. The molecule has 1 saturated heterocycles. The Morgan fingerprint density at radius 1 is 1.24 bits per heavy atom. The number of hydrogen-bond acceptors (Lipinski definition) is 4. The number of aliphatic carboxylic acids is 1. The van der Waals surface area contributed by atoms with Crippen molar-refractivity contribution in [2.75, 3.05) is 26.2 Å². The highest BCUT2D eigenvalue weighted by atomic mass is 32.1. The van der Waals surface area contributed by atoms with Crippen molar-refractivity contribution < 1.29 is 14.7 Å². The van der Waals surface area contributed by atoms with E-state index in [4.69, 9.17) is 5.11 Å². The summed E-state index contributed by atoms with van der Waals surface area (Å²) in [7, 11) is 0. The van der Waals surface area contributed by atoms with Gasteiger partial charge >= 0.3 is 5.97 Å². The molecule has 1 aliphatic heterocycles. The van der Waals surface area contributed by atoms with Crippen LogP contribution in [0.2, 0.25) is 0 Å². The predicted molar refractivity (Wildman–Crippen MR) is 81.5 cm³/mol. The van der Waals surface area contributed by atoms with Gasteiger partial charge in [-0.05, 0) is 25.0 Å². The van der Waals surface area contributed by atoms with E-state index in [0.29, 0.717) is 5.56 Å². The van der Waals surface area contributed by atoms with Gasteiger partial charge in [-0.2, -0.15) is 0 Å². The number of thiophene rings is 1. The maximum atomic E-state index is 12.4. The van der Waals surface area contributed by atoms with Crippen LogP contribution in [0, 0.1) is 0 Å². The minimum atomic E-state index is -0.979. The number of piperazine rings is 1. The maximum Gasteiger partial charge on any atom is 0.328 e. The van der Waals surface area contributed by atoms with Gasteiger partial charge in [0.15, 0.2) is 0 Å². The Kier molecular flexibility index (Phi) is 4.07. The third-order valence-electron chi connectivity index (χ3n) is 3.92. The van der Waals surface area contributed by atoms with Gasteiger partial charge in [0.1, 0.15) is 0 Å². The molecular formula is C15H18N2O3S. The molecule has 0 spiro atoms. The van der Waals surface area contributed by atoms with Crippen LogP contribution in [0.15, 0.2) is 17.5 Å². The normalized spacial score (nSPS) is 20.1. The van der Waals surface area contributed by atoms with Gasteiger partial charge in [0.2, 0.25) is 0 Å². The summed E-state index contributed by atoms with van der Waals surface area (Å²) >= 11 is 1.39. The van der Waals surface area contributed by atoms with Crippen LogP contribution in [-0.4, -0.2) is 59.0 Å². The second-order valence-electron chi connectivity index (χ2n) is 5.47. The molecule has 1 aliphatic carbocycles. The molecule has 1 amide bonds. The molecule has 3 rings (SSSR count). The van der Waals surface area contributed by atoms with E-state index in [2.05, 4.69) is 4.90 Å². The third kappa shape index (κ3) is 3.51. The van der Waals surface area contributed by atoms with Crippen LogP contribution in [0.25, 0.3) is 6.08 Å². The van der Waals surface area contributed by atoms with Crippen LogP contribution < -0.4 is 0 Å². The fourth-order valence-corrected chi connectivity index (χ4v) is 3.39. The molecule has 0 radical (unpaired) electrons. The summed E-state index contributed by atoms with van der Waals surface area (Å²) in [6.07, 6.45) is 5.22. The Morgan fingerprint density at radius 2 is 1.95 bits per heavy atom. The first-order valence-electron chi connectivity index (χ1n) is 7.16. The number of carbonyl (C=O) groups is 2. The second-order valence-corrected chi connectivity index (χ2v) is 6.41. The Balaban J connectivity index is 1.59. The topological polar surface area (TPSA) is 60.9 Å². The molecule has 1 saturated carbocycles. The lowest BCUT2D eigenvalue weighted by atomic mass is 10.2. The van der Waals surface area contributed by atoms with Gasteiger partial charge in [-0.1, -0.05) is 0 Å². The zero-order chi connectivity index (χ0) is 14.8. The van der Waals surface area contributed by atoms with Crippen LogP contribution in [0.1, 0.15) is 28.1 Å². The smallest absolute Gasteiger partial charge is 0.328 e. The Bertz CT molecular complexity index is 569. The summed E-state index contributed by atoms with van der Waals surface area (Å²) in [6.45, 7) is 3.50. The molecule has 5 nitrogen and oxygen atoms in total. The molecule has 2 fully saturated rings. The van der Waals surface area contributed by atoms with E-state index >= 15 is 0 Å². The lowest BCUT2D eigenvalue weighted by molar-refractivity contribution is -0.131. The van der Waals surface area contributed by atoms with E-state index in [1.54, 1.807) is 11.4 Å². The van der Waals surface area contributed by atoms with Crippen molar-refractivity contribution >= 4 is 29.3 Å². The lowest BCUT2D eigenvalue weighted by Gasteiger charge is -2.34.